The van der Waals surface area contributed by atoms with Crippen molar-refractivity contribution in [3.63, 3.8) is 0 Å². The maximum absolute atomic E-state index is 12.3. The van der Waals surface area contributed by atoms with Crippen LogP contribution in [0.15, 0.2) is 23.5 Å². The molecule has 1 atom stereocenters. The van der Waals surface area contributed by atoms with Gasteiger partial charge in [-0.1, -0.05) is 5.16 Å². The Morgan fingerprint density at radius 2 is 2.42 bits per heavy atom. The third-order valence-corrected chi connectivity index (χ3v) is 4.20. The highest BCUT2D eigenvalue weighted by atomic mass is 32.2. The van der Waals surface area contributed by atoms with Crippen LogP contribution < -0.4 is 5.73 Å². The lowest BCUT2D eigenvalue weighted by atomic mass is 10.2. The smallest absolute Gasteiger partial charge is 0.272 e. The molecule has 1 aromatic rings. The number of hydrogen-bond acceptors (Lipinski definition) is 5. The van der Waals surface area contributed by atoms with Crippen molar-refractivity contribution in [2.75, 3.05) is 18.1 Å². The minimum Gasteiger partial charge on any atom is -0.409 e. The Kier molecular flexibility index (Phi) is 4.26. The van der Waals surface area contributed by atoms with Crippen LogP contribution in [0.4, 0.5) is 0 Å². The fourth-order valence-corrected chi connectivity index (χ4v) is 2.92. The van der Waals surface area contributed by atoms with Crippen LogP contribution in [-0.2, 0) is 0 Å². The molecular weight excluding hydrogens is 264 g/mol. The third kappa shape index (κ3) is 2.98. The van der Waals surface area contributed by atoms with E-state index in [2.05, 4.69) is 10.1 Å². The summed E-state index contributed by atoms with van der Waals surface area (Å²) in [6.07, 6.45) is 1.44. The zero-order chi connectivity index (χ0) is 13.8. The summed E-state index contributed by atoms with van der Waals surface area (Å²) < 4.78 is 0. The van der Waals surface area contributed by atoms with Crippen molar-refractivity contribution in [1.82, 2.24) is 9.88 Å². The zero-order valence-corrected chi connectivity index (χ0v) is 11.4. The molecule has 0 radical (unpaired) electrons. The molecule has 1 aromatic heterocycles. The predicted molar refractivity (Wildman–Crippen MR) is 74.6 cm³/mol. The number of rotatable bonds is 2. The van der Waals surface area contributed by atoms with E-state index in [1.54, 1.807) is 12.1 Å². The molecule has 6 nitrogen and oxygen atoms in total. The highest BCUT2D eigenvalue weighted by Gasteiger charge is 2.25. The van der Waals surface area contributed by atoms with Crippen LogP contribution in [0, 0.1) is 0 Å². The summed E-state index contributed by atoms with van der Waals surface area (Å²) in [5.41, 5.74) is 6.32. The van der Waals surface area contributed by atoms with E-state index < -0.39 is 0 Å². The number of carbonyl (C=O) groups excluding carboxylic acids is 1. The number of hydrogen-bond donors (Lipinski definition) is 2. The van der Waals surface area contributed by atoms with Crippen LogP contribution in [0.2, 0.25) is 0 Å². The minimum atomic E-state index is -0.0705. The second-order valence-electron chi connectivity index (χ2n) is 4.34. The number of oxime groups is 1. The van der Waals surface area contributed by atoms with Crippen molar-refractivity contribution in [2.24, 2.45) is 10.9 Å². The van der Waals surface area contributed by atoms with Gasteiger partial charge in [0.15, 0.2) is 5.84 Å². The fraction of sp³-hybridized carbons (Fsp3) is 0.417. The molecule has 0 aromatic carbocycles. The van der Waals surface area contributed by atoms with Crippen LogP contribution in [-0.4, -0.2) is 50.9 Å². The minimum absolute atomic E-state index is 0.0192. The topological polar surface area (TPSA) is 91.8 Å². The molecule has 1 aliphatic rings. The SMILES string of the molecule is CC1CSCCN1C(=O)c1ccc(C(N)=NO)cn1. The van der Waals surface area contributed by atoms with E-state index >= 15 is 0 Å². The summed E-state index contributed by atoms with van der Waals surface area (Å²) in [6, 6.07) is 3.44. The maximum Gasteiger partial charge on any atom is 0.272 e. The Labute approximate surface area is 115 Å². The molecule has 102 valence electrons. The molecule has 3 N–H and O–H groups in total. The number of thioether (sulfide) groups is 1. The first kappa shape index (κ1) is 13.7. The summed E-state index contributed by atoms with van der Waals surface area (Å²) in [5, 5.41) is 11.5. The Bertz CT molecular complexity index is 489. The van der Waals surface area contributed by atoms with E-state index in [9.17, 15) is 4.79 Å². The number of pyridine rings is 1. The summed E-state index contributed by atoms with van der Waals surface area (Å²) in [4.78, 5) is 18.2. The number of carbonyl (C=O) groups is 1. The van der Waals surface area contributed by atoms with Crippen molar-refractivity contribution in [2.45, 2.75) is 13.0 Å². The van der Waals surface area contributed by atoms with Gasteiger partial charge in [0, 0.05) is 35.9 Å². The van der Waals surface area contributed by atoms with E-state index in [4.69, 9.17) is 10.9 Å². The van der Waals surface area contributed by atoms with Gasteiger partial charge in [0.1, 0.15) is 5.69 Å². The summed E-state index contributed by atoms with van der Waals surface area (Å²) in [5.74, 6) is 1.82. The molecule has 2 heterocycles. The molecule has 19 heavy (non-hydrogen) atoms. The van der Waals surface area contributed by atoms with Gasteiger partial charge in [-0.15, -0.1) is 0 Å². The van der Waals surface area contributed by atoms with Crippen LogP contribution >= 0.6 is 11.8 Å². The van der Waals surface area contributed by atoms with Crippen LogP contribution in [0.3, 0.4) is 0 Å². The van der Waals surface area contributed by atoms with Crippen molar-refractivity contribution in [3.05, 3.63) is 29.6 Å². The van der Waals surface area contributed by atoms with Gasteiger partial charge in [-0.05, 0) is 19.1 Å². The van der Waals surface area contributed by atoms with E-state index in [1.807, 2.05) is 23.6 Å². The summed E-state index contributed by atoms with van der Waals surface area (Å²) in [7, 11) is 0. The number of nitrogens with zero attached hydrogens (tertiary/aromatic N) is 3. The van der Waals surface area contributed by atoms with Gasteiger partial charge in [-0.25, -0.2) is 0 Å². The quantitative estimate of drug-likeness (QED) is 0.361. The molecule has 0 aliphatic carbocycles. The number of amides is 1. The third-order valence-electron chi connectivity index (χ3n) is 3.01. The highest BCUT2D eigenvalue weighted by molar-refractivity contribution is 7.99. The van der Waals surface area contributed by atoms with E-state index in [1.165, 1.54) is 6.20 Å². The maximum atomic E-state index is 12.3. The molecule has 7 heteroatoms. The van der Waals surface area contributed by atoms with Crippen molar-refractivity contribution in [1.29, 1.82) is 0 Å². The Morgan fingerprint density at radius 1 is 1.63 bits per heavy atom. The van der Waals surface area contributed by atoms with Gasteiger partial charge < -0.3 is 15.8 Å². The van der Waals surface area contributed by atoms with Gasteiger partial charge >= 0.3 is 0 Å². The second kappa shape index (κ2) is 5.92. The summed E-state index contributed by atoms with van der Waals surface area (Å²) in [6.45, 7) is 2.78. The normalized spacial score (nSPS) is 20.4. The Hall–Kier alpha value is -1.76. The zero-order valence-electron chi connectivity index (χ0n) is 10.6. The van der Waals surface area contributed by atoms with Crippen LogP contribution in [0.1, 0.15) is 23.0 Å². The molecular formula is C12H16N4O2S. The first-order chi connectivity index (χ1) is 9.13. The Balaban J connectivity index is 2.15. The number of nitrogens with two attached hydrogens (primary N) is 1. The average Bonchev–Trinajstić information content (AvgIpc) is 2.46. The monoisotopic (exact) mass is 280 g/mol. The van der Waals surface area contributed by atoms with Crippen molar-refractivity contribution < 1.29 is 10.0 Å². The van der Waals surface area contributed by atoms with Crippen molar-refractivity contribution in [3.8, 4) is 0 Å². The predicted octanol–water partition coefficient (Wildman–Crippen LogP) is 0.754. The molecule has 2 rings (SSSR count). The average molecular weight is 280 g/mol. The van der Waals surface area contributed by atoms with E-state index in [-0.39, 0.29) is 17.8 Å². The molecule has 1 saturated heterocycles. The largest absolute Gasteiger partial charge is 0.409 e. The lowest BCUT2D eigenvalue weighted by Gasteiger charge is -2.32. The van der Waals surface area contributed by atoms with Gasteiger partial charge in [-0.2, -0.15) is 11.8 Å². The molecule has 1 fully saturated rings. The van der Waals surface area contributed by atoms with Gasteiger partial charge in [-0.3, -0.25) is 9.78 Å². The molecule has 0 bridgehead atoms. The second-order valence-corrected chi connectivity index (χ2v) is 5.49. The number of amidine groups is 1. The Morgan fingerprint density at radius 3 is 3.00 bits per heavy atom. The number of aromatic nitrogens is 1. The lowest BCUT2D eigenvalue weighted by Crippen LogP contribution is -2.44. The first-order valence-electron chi connectivity index (χ1n) is 5.96. The van der Waals surface area contributed by atoms with Gasteiger partial charge in [0.2, 0.25) is 0 Å². The lowest BCUT2D eigenvalue weighted by molar-refractivity contribution is 0.0710. The molecule has 0 saturated carbocycles. The highest BCUT2D eigenvalue weighted by Crippen LogP contribution is 2.18. The van der Waals surface area contributed by atoms with Crippen molar-refractivity contribution >= 4 is 23.5 Å². The molecule has 1 aliphatic heterocycles. The molecule has 1 amide bonds. The molecule has 0 spiro atoms. The fourth-order valence-electron chi connectivity index (χ4n) is 1.91. The van der Waals surface area contributed by atoms with Crippen LogP contribution in [0.5, 0.6) is 0 Å². The summed E-state index contributed by atoms with van der Waals surface area (Å²) >= 11 is 1.85. The standard InChI is InChI=1S/C12H16N4O2S/c1-8-7-19-5-4-16(8)12(17)10-3-2-9(6-14-10)11(13)15-18/h2-3,6,8,18H,4-5,7H2,1H3,(H2,13,15). The van der Waals surface area contributed by atoms with Gasteiger partial charge in [0.05, 0.1) is 0 Å². The first-order valence-corrected chi connectivity index (χ1v) is 7.11. The van der Waals surface area contributed by atoms with E-state index in [0.717, 1.165) is 18.1 Å². The van der Waals surface area contributed by atoms with E-state index in [0.29, 0.717) is 11.3 Å². The van der Waals surface area contributed by atoms with Gasteiger partial charge in [0.25, 0.3) is 5.91 Å². The van der Waals surface area contributed by atoms with Crippen LogP contribution in [0.25, 0.3) is 0 Å². The molecule has 1 unspecified atom stereocenters.